The second-order valence-electron chi connectivity index (χ2n) is 3.61. The summed E-state index contributed by atoms with van der Waals surface area (Å²) in [4.78, 5) is 4.59. The fraction of sp³-hybridized carbons (Fsp3) is 0.154. The van der Waals surface area contributed by atoms with Crippen molar-refractivity contribution >= 4 is 27.3 Å². The van der Waals surface area contributed by atoms with Gasteiger partial charge >= 0.3 is 0 Å². The lowest BCUT2D eigenvalue weighted by Gasteiger charge is -1.99. The predicted octanol–water partition coefficient (Wildman–Crippen LogP) is 3.81. The van der Waals surface area contributed by atoms with Crippen molar-refractivity contribution in [2.75, 3.05) is 6.54 Å². The van der Waals surface area contributed by atoms with Crippen molar-refractivity contribution in [1.82, 2.24) is 10.3 Å². The Morgan fingerprint density at radius 1 is 1.35 bits per heavy atom. The number of rotatable bonds is 5. The standard InChI is InChI=1S/C13H13BrN2S/c1-10(14)7-15-8-13-16-12(9-17-13)11-5-3-2-4-6-11/h2-6,9,15H,1,7-8H2. The summed E-state index contributed by atoms with van der Waals surface area (Å²) in [5, 5.41) is 6.45. The lowest BCUT2D eigenvalue weighted by molar-refractivity contribution is 0.752. The first-order chi connectivity index (χ1) is 8.25. The van der Waals surface area contributed by atoms with Gasteiger partial charge in [0.1, 0.15) is 5.01 Å². The SMILES string of the molecule is C=C(Br)CNCc1nc(-c2ccccc2)cs1. The average Bonchev–Trinajstić information content (AvgIpc) is 2.78. The topological polar surface area (TPSA) is 24.9 Å². The van der Waals surface area contributed by atoms with E-state index < -0.39 is 0 Å². The summed E-state index contributed by atoms with van der Waals surface area (Å²) in [5.41, 5.74) is 2.21. The van der Waals surface area contributed by atoms with E-state index in [1.54, 1.807) is 11.3 Å². The highest BCUT2D eigenvalue weighted by atomic mass is 79.9. The molecule has 0 amide bonds. The first kappa shape index (κ1) is 12.5. The highest BCUT2D eigenvalue weighted by Gasteiger charge is 2.03. The molecule has 0 saturated heterocycles. The Morgan fingerprint density at radius 3 is 2.82 bits per heavy atom. The fourth-order valence-corrected chi connectivity index (χ4v) is 2.41. The third-order valence-corrected chi connectivity index (χ3v) is 3.34. The number of hydrogen-bond donors (Lipinski definition) is 1. The van der Waals surface area contributed by atoms with Gasteiger partial charge < -0.3 is 5.32 Å². The molecule has 2 nitrogen and oxygen atoms in total. The summed E-state index contributed by atoms with van der Waals surface area (Å²) in [7, 11) is 0. The molecular weight excluding hydrogens is 296 g/mol. The quantitative estimate of drug-likeness (QED) is 0.908. The number of aromatic nitrogens is 1. The van der Waals surface area contributed by atoms with Gasteiger partial charge in [-0.2, -0.15) is 0 Å². The van der Waals surface area contributed by atoms with E-state index >= 15 is 0 Å². The number of thiazole rings is 1. The van der Waals surface area contributed by atoms with Crippen LogP contribution in [0.15, 0.2) is 46.8 Å². The number of nitrogens with zero attached hydrogens (tertiary/aromatic N) is 1. The molecule has 0 saturated carbocycles. The van der Waals surface area contributed by atoms with E-state index in [1.807, 2.05) is 18.2 Å². The molecule has 1 heterocycles. The van der Waals surface area contributed by atoms with Gasteiger partial charge in [0, 0.05) is 28.5 Å². The molecule has 0 aliphatic heterocycles. The lowest BCUT2D eigenvalue weighted by Crippen LogP contribution is -2.14. The van der Waals surface area contributed by atoms with E-state index in [1.165, 1.54) is 5.56 Å². The van der Waals surface area contributed by atoms with Crippen LogP contribution in [-0.4, -0.2) is 11.5 Å². The van der Waals surface area contributed by atoms with Crippen LogP contribution < -0.4 is 5.32 Å². The minimum atomic E-state index is 0.764. The van der Waals surface area contributed by atoms with Crippen LogP contribution in [0.2, 0.25) is 0 Å². The van der Waals surface area contributed by atoms with Crippen LogP contribution in [-0.2, 0) is 6.54 Å². The van der Waals surface area contributed by atoms with Gasteiger partial charge in [0.25, 0.3) is 0 Å². The normalized spacial score (nSPS) is 10.4. The lowest BCUT2D eigenvalue weighted by atomic mass is 10.2. The highest BCUT2D eigenvalue weighted by molar-refractivity contribution is 9.11. The third-order valence-electron chi connectivity index (χ3n) is 2.21. The molecule has 0 aliphatic carbocycles. The maximum atomic E-state index is 4.59. The van der Waals surface area contributed by atoms with E-state index in [4.69, 9.17) is 0 Å². The largest absolute Gasteiger partial charge is 0.306 e. The van der Waals surface area contributed by atoms with Crippen molar-refractivity contribution in [2.45, 2.75) is 6.54 Å². The Labute approximate surface area is 114 Å². The summed E-state index contributed by atoms with van der Waals surface area (Å²) in [5.74, 6) is 0. The Bertz CT molecular complexity index is 493. The van der Waals surface area contributed by atoms with Crippen LogP contribution in [0.4, 0.5) is 0 Å². The van der Waals surface area contributed by atoms with E-state index in [9.17, 15) is 0 Å². The molecule has 0 bridgehead atoms. The molecule has 0 unspecified atom stereocenters. The van der Waals surface area contributed by atoms with E-state index in [-0.39, 0.29) is 0 Å². The van der Waals surface area contributed by atoms with Crippen molar-refractivity contribution < 1.29 is 0 Å². The van der Waals surface area contributed by atoms with Gasteiger partial charge in [-0.25, -0.2) is 4.98 Å². The van der Waals surface area contributed by atoms with Crippen LogP contribution in [0.1, 0.15) is 5.01 Å². The Hall–Kier alpha value is -0.970. The zero-order valence-corrected chi connectivity index (χ0v) is 11.7. The molecule has 1 N–H and O–H groups in total. The zero-order chi connectivity index (χ0) is 12.1. The van der Waals surface area contributed by atoms with Crippen LogP contribution in [0.25, 0.3) is 11.3 Å². The van der Waals surface area contributed by atoms with E-state index in [0.717, 1.165) is 28.3 Å². The Morgan fingerprint density at radius 2 is 2.12 bits per heavy atom. The zero-order valence-electron chi connectivity index (χ0n) is 9.32. The van der Waals surface area contributed by atoms with Gasteiger partial charge in [-0.15, -0.1) is 11.3 Å². The summed E-state index contributed by atoms with van der Waals surface area (Å²) < 4.78 is 0.956. The van der Waals surface area contributed by atoms with E-state index in [2.05, 4.69) is 50.3 Å². The maximum Gasteiger partial charge on any atom is 0.107 e. The molecule has 88 valence electrons. The third kappa shape index (κ3) is 3.77. The fourth-order valence-electron chi connectivity index (χ4n) is 1.44. The van der Waals surface area contributed by atoms with Gasteiger partial charge in [-0.1, -0.05) is 52.8 Å². The van der Waals surface area contributed by atoms with E-state index in [0.29, 0.717) is 0 Å². The van der Waals surface area contributed by atoms with Gasteiger partial charge in [-0.3, -0.25) is 0 Å². The van der Waals surface area contributed by atoms with Gasteiger partial charge in [0.05, 0.1) is 5.69 Å². The molecule has 4 heteroatoms. The van der Waals surface area contributed by atoms with Crippen molar-refractivity contribution in [2.24, 2.45) is 0 Å². The second kappa shape index (κ2) is 6.10. The van der Waals surface area contributed by atoms with Crippen molar-refractivity contribution in [1.29, 1.82) is 0 Å². The monoisotopic (exact) mass is 308 g/mol. The molecule has 0 radical (unpaired) electrons. The summed E-state index contributed by atoms with van der Waals surface area (Å²) in [6.07, 6.45) is 0. The smallest absolute Gasteiger partial charge is 0.107 e. The first-order valence-corrected chi connectivity index (χ1v) is 6.97. The van der Waals surface area contributed by atoms with Gasteiger partial charge in [0.2, 0.25) is 0 Å². The van der Waals surface area contributed by atoms with Crippen molar-refractivity contribution in [3.05, 3.63) is 51.8 Å². The van der Waals surface area contributed by atoms with Crippen molar-refractivity contribution in [3.8, 4) is 11.3 Å². The Kier molecular flexibility index (Phi) is 4.48. The van der Waals surface area contributed by atoms with Crippen LogP contribution in [0.5, 0.6) is 0 Å². The molecule has 1 aromatic heterocycles. The highest BCUT2D eigenvalue weighted by Crippen LogP contribution is 2.21. The predicted molar refractivity (Wildman–Crippen MR) is 77.3 cm³/mol. The number of hydrogen-bond acceptors (Lipinski definition) is 3. The van der Waals surface area contributed by atoms with Crippen LogP contribution in [0, 0.1) is 0 Å². The average molecular weight is 309 g/mol. The molecule has 0 aliphatic rings. The summed E-state index contributed by atoms with van der Waals surface area (Å²) in [6.45, 7) is 5.32. The molecule has 2 rings (SSSR count). The molecule has 0 fully saturated rings. The number of benzene rings is 1. The van der Waals surface area contributed by atoms with Gasteiger partial charge in [-0.05, 0) is 0 Å². The van der Waals surface area contributed by atoms with Crippen LogP contribution >= 0.6 is 27.3 Å². The van der Waals surface area contributed by atoms with Crippen molar-refractivity contribution in [3.63, 3.8) is 0 Å². The molecule has 1 aromatic carbocycles. The molecular formula is C13H13BrN2S. The van der Waals surface area contributed by atoms with Crippen LogP contribution in [0.3, 0.4) is 0 Å². The minimum Gasteiger partial charge on any atom is -0.306 e. The molecule has 0 atom stereocenters. The number of nitrogens with one attached hydrogen (secondary N) is 1. The molecule has 2 aromatic rings. The second-order valence-corrected chi connectivity index (χ2v) is 5.68. The minimum absolute atomic E-state index is 0.764. The Balaban J connectivity index is 1.99. The first-order valence-electron chi connectivity index (χ1n) is 5.29. The number of halogens is 1. The van der Waals surface area contributed by atoms with Gasteiger partial charge in [0.15, 0.2) is 0 Å². The molecule has 0 spiro atoms. The maximum absolute atomic E-state index is 4.59. The summed E-state index contributed by atoms with van der Waals surface area (Å²) >= 11 is 4.99. The summed E-state index contributed by atoms with van der Waals surface area (Å²) in [6, 6.07) is 10.2. The molecule has 17 heavy (non-hydrogen) atoms.